The van der Waals surface area contributed by atoms with E-state index in [1.807, 2.05) is 42.5 Å². The SMILES string of the molecule is C=Cc1cc(NOC)c(OC)c(OC)c1.Nc1ccccc1. The van der Waals surface area contributed by atoms with Crippen molar-refractivity contribution < 1.29 is 14.3 Å². The van der Waals surface area contributed by atoms with Gasteiger partial charge in [-0.25, -0.2) is 0 Å². The summed E-state index contributed by atoms with van der Waals surface area (Å²) in [5.41, 5.74) is 10.5. The highest BCUT2D eigenvalue weighted by Gasteiger charge is 2.11. The minimum atomic E-state index is 0.602. The van der Waals surface area contributed by atoms with E-state index < -0.39 is 0 Å². The minimum absolute atomic E-state index is 0.602. The van der Waals surface area contributed by atoms with Crippen LogP contribution < -0.4 is 20.7 Å². The van der Waals surface area contributed by atoms with E-state index in [4.69, 9.17) is 20.0 Å². The molecule has 2 aromatic rings. The van der Waals surface area contributed by atoms with Crippen LogP contribution in [0.25, 0.3) is 6.08 Å². The summed E-state index contributed by atoms with van der Waals surface area (Å²) in [7, 11) is 4.69. The molecule has 0 fully saturated rings. The Labute approximate surface area is 131 Å². The summed E-state index contributed by atoms with van der Waals surface area (Å²) in [5, 5.41) is 0. The summed E-state index contributed by atoms with van der Waals surface area (Å²) >= 11 is 0. The van der Waals surface area contributed by atoms with Crippen LogP contribution in [0.1, 0.15) is 5.56 Å². The number of para-hydroxylation sites is 1. The Bertz CT molecular complexity index is 586. The van der Waals surface area contributed by atoms with E-state index in [0.29, 0.717) is 17.2 Å². The molecule has 5 heteroatoms. The Morgan fingerprint density at radius 3 is 2.14 bits per heavy atom. The first-order valence-electron chi connectivity index (χ1n) is 6.64. The first-order chi connectivity index (χ1) is 10.7. The summed E-state index contributed by atoms with van der Waals surface area (Å²) < 4.78 is 10.4. The summed E-state index contributed by atoms with van der Waals surface area (Å²) in [4.78, 5) is 4.85. The van der Waals surface area contributed by atoms with Gasteiger partial charge >= 0.3 is 0 Å². The first-order valence-corrected chi connectivity index (χ1v) is 6.64. The van der Waals surface area contributed by atoms with Gasteiger partial charge in [-0.1, -0.05) is 30.9 Å². The van der Waals surface area contributed by atoms with Crippen molar-refractivity contribution in [3.05, 3.63) is 54.6 Å². The Morgan fingerprint density at radius 2 is 1.73 bits per heavy atom. The Hall–Kier alpha value is -2.66. The van der Waals surface area contributed by atoms with Gasteiger partial charge in [0.25, 0.3) is 0 Å². The van der Waals surface area contributed by atoms with Gasteiger partial charge in [-0.15, -0.1) is 0 Å². The van der Waals surface area contributed by atoms with Crippen molar-refractivity contribution in [1.82, 2.24) is 0 Å². The number of anilines is 2. The molecule has 0 atom stereocenters. The summed E-state index contributed by atoms with van der Waals surface area (Å²) in [6.07, 6.45) is 1.72. The van der Waals surface area contributed by atoms with Gasteiger partial charge in [-0.2, -0.15) is 0 Å². The van der Waals surface area contributed by atoms with Gasteiger partial charge in [0.2, 0.25) is 0 Å². The molecule has 0 aromatic heterocycles. The molecule has 22 heavy (non-hydrogen) atoms. The topological polar surface area (TPSA) is 65.7 Å². The van der Waals surface area contributed by atoms with Crippen molar-refractivity contribution in [2.24, 2.45) is 0 Å². The van der Waals surface area contributed by atoms with E-state index in [2.05, 4.69) is 12.1 Å². The van der Waals surface area contributed by atoms with Crippen molar-refractivity contribution >= 4 is 17.5 Å². The van der Waals surface area contributed by atoms with Crippen molar-refractivity contribution in [2.45, 2.75) is 0 Å². The Balaban J connectivity index is 0.000000287. The lowest BCUT2D eigenvalue weighted by Gasteiger charge is -2.14. The molecule has 2 aromatic carbocycles. The van der Waals surface area contributed by atoms with Crippen molar-refractivity contribution in [1.29, 1.82) is 0 Å². The second-order valence-electron chi connectivity index (χ2n) is 4.22. The molecule has 0 amide bonds. The fourth-order valence-corrected chi connectivity index (χ4v) is 1.74. The second kappa shape index (κ2) is 9.31. The van der Waals surface area contributed by atoms with Gasteiger partial charge < -0.3 is 15.2 Å². The maximum Gasteiger partial charge on any atom is 0.186 e. The number of ether oxygens (including phenoxy) is 2. The second-order valence-corrected chi connectivity index (χ2v) is 4.22. The lowest BCUT2D eigenvalue weighted by molar-refractivity contribution is 0.266. The lowest BCUT2D eigenvalue weighted by Crippen LogP contribution is -2.01. The molecule has 0 aliphatic rings. The van der Waals surface area contributed by atoms with Crippen LogP contribution in [0, 0.1) is 0 Å². The highest BCUT2D eigenvalue weighted by atomic mass is 16.6. The van der Waals surface area contributed by atoms with Crippen LogP contribution in [-0.4, -0.2) is 21.3 Å². The third kappa shape index (κ3) is 5.03. The standard InChI is InChI=1S/C11H15NO3.C6H7N/c1-5-8-6-9(12-15-4)11(14-3)10(7-8)13-2;7-6-4-2-1-3-5-6/h5-7,12H,1H2,2-4H3;1-5H,7H2. The molecule has 0 heterocycles. The maximum absolute atomic E-state index is 5.36. The zero-order valence-electron chi connectivity index (χ0n) is 13.1. The van der Waals surface area contributed by atoms with E-state index in [1.54, 1.807) is 20.3 Å². The van der Waals surface area contributed by atoms with Crippen molar-refractivity contribution in [3.8, 4) is 11.5 Å². The smallest absolute Gasteiger partial charge is 0.186 e. The van der Waals surface area contributed by atoms with E-state index in [9.17, 15) is 0 Å². The normalized spacial score (nSPS) is 9.23. The highest BCUT2D eigenvalue weighted by molar-refractivity contribution is 5.68. The molecular formula is C17H22N2O3. The van der Waals surface area contributed by atoms with E-state index in [-0.39, 0.29) is 0 Å². The first kappa shape index (κ1) is 17.4. The van der Waals surface area contributed by atoms with E-state index in [0.717, 1.165) is 11.3 Å². The molecule has 118 valence electrons. The number of nitrogens with two attached hydrogens (primary N) is 1. The van der Waals surface area contributed by atoms with Gasteiger partial charge in [-0.05, 0) is 29.8 Å². The Kier molecular flexibility index (Phi) is 7.36. The largest absolute Gasteiger partial charge is 0.493 e. The molecule has 0 saturated carbocycles. The third-order valence-corrected chi connectivity index (χ3v) is 2.75. The number of nitrogens with one attached hydrogen (secondary N) is 1. The molecular weight excluding hydrogens is 280 g/mol. The van der Waals surface area contributed by atoms with Crippen molar-refractivity contribution in [2.75, 3.05) is 32.5 Å². The average molecular weight is 302 g/mol. The predicted molar refractivity (Wildman–Crippen MR) is 91.1 cm³/mol. The van der Waals surface area contributed by atoms with Gasteiger partial charge in [0.05, 0.1) is 21.3 Å². The maximum atomic E-state index is 5.36. The zero-order chi connectivity index (χ0) is 16.4. The molecule has 5 nitrogen and oxygen atoms in total. The molecule has 0 saturated heterocycles. The van der Waals surface area contributed by atoms with Gasteiger partial charge in [0.15, 0.2) is 11.5 Å². The molecule has 0 aliphatic carbocycles. The minimum Gasteiger partial charge on any atom is -0.493 e. The number of benzene rings is 2. The quantitative estimate of drug-likeness (QED) is 0.652. The molecule has 0 spiro atoms. The number of hydrogen-bond acceptors (Lipinski definition) is 5. The summed E-state index contributed by atoms with van der Waals surface area (Å²) in [6.45, 7) is 3.70. The fourth-order valence-electron chi connectivity index (χ4n) is 1.74. The van der Waals surface area contributed by atoms with Gasteiger partial charge in [0, 0.05) is 5.69 Å². The lowest BCUT2D eigenvalue weighted by atomic mass is 10.1. The highest BCUT2D eigenvalue weighted by Crippen LogP contribution is 2.36. The van der Waals surface area contributed by atoms with Crippen LogP contribution in [0.2, 0.25) is 0 Å². The molecule has 0 aliphatic heterocycles. The summed E-state index contributed by atoms with van der Waals surface area (Å²) in [6, 6.07) is 13.2. The van der Waals surface area contributed by atoms with Crippen LogP contribution in [0.4, 0.5) is 11.4 Å². The van der Waals surface area contributed by atoms with E-state index in [1.165, 1.54) is 7.11 Å². The van der Waals surface area contributed by atoms with Gasteiger partial charge in [0.1, 0.15) is 5.69 Å². The average Bonchev–Trinajstić information content (AvgIpc) is 2.55. The number of methoxy groups -OCH3 is 2. The van der Waals surface area contributed by atoms with Crippen LogP contribution in [-0.2, 0) is 4.84 Å². The monoisotopic (exact) mass is 302 g/mol. The molecule has 3 N–H and O–H groups in total. The van der Waals surface area contributed by atoms with E-state index >= 15 is 0 Å². The van der Waals surface area contributed by atoms with Crippen LogP contribution in [0.15, 0.2) is 49.0 Å². The molecule has 0 unspecified atom stereocenters. The number of rotatable bonds is 5. The van der Waals surface area contributed by atoms with Crippen LogP contribution in [0.3, 0.4) is 0 Å². The van der Waals surface area contributed by atoms with Gasteiger partial charge in [-0.3, -0.25) is 10.3 Å². The predicted octanol–water partition coefficient (Wildman–Crippen LogP) is 3.59. The fraction of sp³-hybridized carbons (Fsp3) is 0.176. The van der Waals surface area contributed by atoms with Crippen molar-refractivity contribution in [3.63, 3.8) is 0 Å². The van der Waals surface area contributed by atoms with Crippen LogP contribution in [0.5, 0.6) is 11.5 Å². The zero-order valence-corrected chi connectivity index (χ0v) is 13.1. The summed E-state index contributed by atoms with van der Waals surface area (Å²) in [5.74, 6) is 1.24. The molecule has 0 radical (unpaired) electrons. The molecule has 0 bridgehead atoms. The number of nitrogen functional groups attached to an aromatic ring is 1. The third-order valence-electron chi connectivity index (χ3n) is 2.75. The van der Waals surface area contributed by atoms with Crippen LogP contribution >= 0.6 is 0 Å². The Morgan fingerprint density at radius 1 is 1.05 bits per heavy atom. The number of hydrogen-bond donors (Lipinski definition) is 2. The molecule has 2 rings (SSSR count).